The van der Waals surface area contributed by atoms with Gasteiger partial charge in [0.2, 0.25) is 0 Å². The first-order chi connectivity index (χ1) is 7.47. The molecular formula is C11H15NaO4S. The van der Waals surface area contributed by atoms with Gasteiger partial charge in [0, 0.05) is 6.61 Å². The second-order valence-corrected chi connectivity index (χ2v) is 5.02. The Morgan fingerprint density at radius 1 is 1.47 bits per heavy atom. The van der Waals surface area contributed by atoms with Crippen molar-refractivity contribution in [2.45, 2.75) is 18.9 Å². The minimum absolute atomic E-state index is 0. The molecule has 1 saturated heterocycles. The van der Waals surface area contributed by atoms with Gasteiger partial charge in [0.1, 0.15) is 0 Å². The van der Waals surface area contributed by atoms with Gasteiger partial charge in [-0.2, -0.15) is 38.7 Å². The molecule has 0 amide bonds. The number of ether oxygens (including phenoxy) is 1. The van der Waals surface area contributed by atoms with Crippen LogP contribution in [-0.4, -0.2) is 25.8 Å². The van der Waals surface area contributed by atoms with Gasteiger partial charge >= 0.3 is 29.6 Å². The van der Waals surface area contributed by atoms with Crippen molar-refractivity contribution in [1.82, 2.24) is 0 Å². The maximum absolute atomic E-state index is 9.19. The summed E-state index contributed by atoms with van der Waals surface area (Å²) >= 11 is 0. The maximum Gasteiger partial charge on any atom is 1.00 e. The number of benzene rings is 1. The van der Waals surface area contributed by atoms with Crippen LogP contribution in [0.2, 0.25) is 0 Å². The summed E-state index contributed by atoms with van der Waals surface area (Å²) in [6.45, 7) is 0.910. The summed E-state index contributed by atoms with van der Waals surface area (Å²) in [5.41, 5.74) is 1.20. The molecule has 1 fully saturated rings. The Kier molecular flexibility index (Phi) is 8.28. The Bertz CT molecular complexity index is 391. The van der Waals surface area contributed by atoms with Crippen LogP contribution < -0.4 is 29.6 Å². The van der Waals surface area contributed by atoms with Crippen molar-refractivity contribution in [1.29, 1.82) is 0 Å². The van der Waals surface area contributed by atoms with Gasteiger partial charge in [-0.05, 0) is 12.8 Å². The van der Waals surface area contributed by atoms with Crippen LogP contribution in [0, 0.1) is 6.07 Å². The summed E-state index contributed by atoms with van der Waals surface area (Å²) in [6, 6.07) is 11.2. The normalized spacial score (nSPS) is 18.8. The zero-order valence-corrected chi connectivity index (χ0v) is 12.9. The molecule has 90 valence electrons. The minimum Gasteiger partial charge on any atom is -0.376 e. The van der Waals surface area contributed by atoms with Crippen molar-refractivity contribution in [3.05, 3.63) is 35.9 Å². The van der Waals surface area contributed by atoms with Gasteiger partial charge < -0.3 is 4.74 Å². The summed E-state index contributed by atoms with van der Waals surface area (Å²) in [5.74, 6) is 0. The fourth-order valence-electron chi connectivity index (χ4n) is 1.43. The summed E-state index contributed by atoms with van der Waals surface area (Å²) in [6.07, 6.45) is 3.37. The third-order valence-corrected chi connectivity index (χ3v) is 2.01. The molecule has 1 aromatic carbocycles. The van der Waals surface area contributed by atoms with Crippen molar-refractivity contribution in [2.75, 3.05) is 12.9 Å². The van der Waals surface area contributed by atoms with Gasteiger partial charge in [0.25, 0.3) is 10.1 Å². The van der Waals surface area contributed by atoms with Crippen molar-refractivity contribution >= 4 is 10.1 Å². The summed E-state index contributed by atoms with van der Waals surface area (Å²) in [7, 11) is -3.67. The summed E-state index contributed by atoms with van der Waals surface area (Å²) < 4.78 is 31.4. The fourth-order valence-corrected chi connectivity index (χ4v) is 1.43. The average Bonchev–Trinajstić information content (AvgIpc) is 2.69. The van der Waals surface area contributed by atoms with E-state index >= 15 is 0 Å². The van der Waals surface area contributed by atoms with Crippen molar-refractivity contribution in [2.24, 2.45) is 0 Å². The molecule has 4 nitrogen and oxygen atoms in total. The van der Waals surface area contributed by atoms with E-state index in [4.69, 9.17) is 9.29 Å². The van der Waals surface area contributed by atoms with Gasteiger partial charge in [-0.1, -0.05) is 0 Å². The van der Waals surface area contributed by atoms with Gasteiger partial charge in [0.15, 0.2) is 0 Å². The first-order valence-corrected chi connectivity index (χ1v) is 6.82. The molecule has 1 aliphatic heterocycles. The minimum atomic E-state index is -3.67. The third-order valence-electron chi connectivity index (χ3n) is 2.01. The van der Waals surface area contributed by atoms with E-state index in [9.17, 15) is 8.42 Å². The second-order valence-electron chi connectivity index (χ2n) is 3.55. The van der Waals surface area contributed by atoms with Crippen LogP contribution >= 0.6 is 0 Å². The van der Waals surface area contributed by atoms with Crippen LogP contribution in [0.25, 0.3) is 0 Å². The molecule has 0 aromatic heterocycles. The average molecular weight is 266 g/mol. The molecule has 1 N–H and O–H groups in total. The predicted molar refractivity (Wildman–Crippen MR) is 60.7 cm³/mol. The zero-order chi connectivity index (χ0) is 12.0. The molecule has 1 aromatic rings. The van der Waals surface area contributed by atoms with E-state index in [1.807, 2.05) is 18.2 Å². The molecule has 1 aliphatic rings. The van der Waals surface area contributed by atoms with E-state index in [1.165, 1.54) is 12.0 Å². The third kappa shape index (κ3) is 8.77. The molecule has 0 aliphatic carbocycles. The summed E-state index contributed by atoms with van der Waals surface area (Å²) in [4.78, 5) is 0. The van der Waals surface area contributed by atoms with Crippen LogP contribution in [0.3, 0.4) is 0 Å². The molecular weight excluding hydrogens is 251 g/mol. The van der Waals surface area contributed by atoms with Crippen molar-refractivity contribution in [3.63, 3.8) is 0 Å². The predicted octanol–water partition coefficient (Wildman–Crippen LogP) is -1.15. The van der Waals surface area contributed by atoms with Gasteiger partial charge in [0.05, 0.1) is 12.4 Å². The van der Waals surface area contributed by atoms with Crippen LogP contribution in [0.15, 0.2) is 24.3 Å². The maximum atomic E-state index is 9.19. The van der Waals surface area contributed by atoms with E-state index in [0.717, 1.165) is 13.0 Å². The molecule has 1 unspecified atom stereocenters. The van der Waals surface area contributed by atoms with E-state index in [1.54, 1.807) is 0 Å². The molecule has 0 bridgehead atoms. The van der Waals surface area contributed by atoms with Gasteiger partial charge in [-0.25, -0.2) is 0 Å². The molecule has 17 heavy (non-hydrogen) atoms. The molecule has 0 saturated carbocycles. The largest absolute Gasteiger partial charge is 1.00 e. The summed E-state index contributed by atoms with van der Waals surface area (Å²) in [5, 5.41) is 0. The van der Waals surface area contributed by atoms with Gasteiger partial charge in [-0.15, -0.1) is 5.56 Å². The smallest absolute Gasteiger partial charge is 0.376 e. The Morgan fingerprint density at radius 3 is 2.53 bits per heavy atom. The van der Waals surface area contributed by atoms with Crippen LogP contribution in [-0.2, 0) is 14.9 Å². The van der Waals surface area contributed by atoms with Crippen LogP contribution in [0.5, 0.6) is 0 Å². The zero-order valence-electron chi connectivity index (χ0n) is 10.1. The molecule has 1 heterocycles. The Hall–Kier alpha value is 0.0900. The SMILES string of the molecule is CS(=O)(=O)O.[Na+].[c-]1ccccc1C1CCCO1. The topological polar surface area (TPSA) is 63.6 Å². The Labute approximate surface area is 124 Å². The molecule has 0 radical (unpaired) electrons. The van der Waals surface area contributed by atoms with Crippen LogP contribution in [0.4, 0.5) is 0 Å². The Balaban J connectivity index is 0.000000373. The van der Waals surface area contributed by atoms with Gasteiger partial charge in [-0.3, -0.25) is 4.55 Å². The van der Waals surface area contributed by atoms with E-state index < -0.39 is 10.1 Å². The van der Waals surface area contributed by atoms with E-state index in [0.29, 0.717) is 12.4 Å². The monoisotopic (exact) mass is 266 g/mol. The number of hydrogen-bond donors (Lipinski definition) is 1. The quantitative estimate of drug-likeness (QED) is 0.396. The van der Waals surface area contributed by atoms with Crippen molar-refractivity contribution in [3.8, 4) is 0 Å². The second kappa shape index (κ2) is 8.24. The number of rotatable bonds is 1. The molecule has 2 rings (SSSR count). The van der Waals surface area contributed by atoms with Crippen LogP contribution in [0.1, 0.15) is 24.5 Å². The molecule has 1 atom stereocenters. The standard InChI is InChI=1S/C10H11O.CH4O3S.Na/c1-2-5-9(6-3-1)10-7-4-8-11-10;1-5(2,3)4;/h1-3,5,10H,4,7-8H2;1H3,(H,2,3,4);/q-1;;+1. The Morgan fingerprint density at radius 2 is 2.12 bits per heavy atom. The first kappa shape index (κ1) is 17.1. The molecule has 6 heteroatoms. The van der Waals surface area contributed by atoms with E-state index in [-0.39, 0.29) is 29.6 Å². The molecule has 0 spiro atoms. The first-order valence-electron chi connectivity index (χ1n) is 4.97. The number of hydrogen-bond acceptors (Lipinski definition) is 3. The van der Waals surface area contributed by atoms with E-state index in [2.05, 4.69) is 12.1 Å². The fraction of sp³-hybridized carbons (Fsp3) is 0.455. The van der Waals surface area contributed by atoms with Crippen molar-refractivity contribution < 1.29 is 47.3 Å².